The van der Waals surface area contributed by atoms with E-state index < -0.39 is 0 Å². The number of Topliss-reactive ketones (excluding diaryl/α,β-unsaturated/α-hetero) is 1. The third kappa shape index (κ3) is 3.57. The summed E-state index contributed by atoms with van der Waals surface area (Å²) in [5.74, 6) is 0.231. The van der Waals surface area contributed by atoms with Gasteiger partial charge >= 0.3 is 0 Å². The van der Waals surface area contributed by atoms with Crippen molar-refractivity contribution in [1.29, 1.82) is 0 Å². The van der Waals surface area contributed by atoms with Gasteiger partial charge in [-0.3, -0.25) is 0 Å². The highest BCUT2D eigenvalue weighted by Gasteiger charge is 2.14. The SMILES string of the molecule is CC(=O)CCCn1cnc(-c2ccccc2)c1-c1ccccc1. The molecule has 0 spiro atoms. The molecule has 0 N–H and O–H groups in total. The summed E-state index contributed by atoms with van der Waals surface area (Å²) in [6, 6.07) is 20.5. The Morgan fingerprint density at radius 1 is 0.957 bits per heavy atom. The van der Waals surface area contributed by atoms with E-state index in [-0.39, 0.29) is 5.78 Å². The Labute approximate surface area is 136 Å². The number of aromatic nitrogens is 2. The molecule has 23 heavy (non-hydrogen) atoms. The zero-order valence-electron chi connectivity index (χ0n) is 13.3. The highest BCUT2D eigenvalue weighted by molar-refractivity contribution is 5.78. The summed E-state index contributed by atoms with van der Waals surface area (Å²) >= 11 is 0. The number of aryl methyl sites for hydroxylation is 1. The molecule has 0 aliphatic heterocycles. The van der Waals surface area contributed by atoms with Gasteiger partial charge in [0, 0.05) is 24.1 Å². The van der Waals surface area contributed by atoms with Crippen LogP contribution in [0.2, 0.25) is 0 Å². The lowest BCUT2D eigenvalue weighted by atomic mass is 10.0. The molecule has 1 heterocycles. The Hall–Kier alpha value is -2.68. The number of imidazole rings is 1. The smallest absolute Gasteiger partial charge is 0.129 e. The Morgan fingerprint density at radius 3 is 2.17 bits per heavy atom. The molecule has 3 heteroatoms. The maximum atomic E-state index is 11.2. The third-order valence-corrected chi connectivity index (χ3v) is 3.86. The van der Waals surface area contributed by atoms with Gasteiger partial charge in [-0.25, -0.2) is 4.98 Å². The van der Waals surface area contributed by atoms with Gasteiger partial charge in [-0.15, -0.1) is 0 Å². The molecule has 0 bridgehead atoms. The van der Waals surface area contributed by atoms with E-state index in [1.807, 2.05) is 42.7 Å². The molecule has 0 amide bonds. The number of ketones is 1. The molecule has 116 valence electrons. The molecule has 2 aromatic carbocycles. The maximum absolute atomic E-state index is 11.2. The lowest BCUT2D eigenvalue weighted by Gasteiger charge is -2.10. The van der Waals surface area contributed by atoms with Crippen LogP contribution in [-0.4, -0.2) is 15.3 Å². The number of carbonyl (C=O) groups excluding carboxylic acids is 1. The molecule has 3 nitrogen and oxygen atoms in total. The van der Waals surface area contributed by atoms with Crippen LogP contribution in [0.4, 0.5) is 0 Å². The first-order valence-corrected chi connectivity index (χ1v) is 7.91. The Kier molecular flexibility index (Phi) is 4.67. The Bertz CT molecular complexity index is 776. The van der Waals surface area contributed by atoms with Gasteiger partial charge in [-0.1, -0.05) is 60.7 Å². The highest BCUT2D eigenvalue weighted by Crippen LogP contribution is 2.31. The molecular weight excluding hydrogens is 284 g/mol. The number of carbonyl (C=O) groups is 1. The predicted molar refractivity (Wildman–Crippen MR) is 93.0 cm³/mol. The fourth-order valence-electron chi connectivity index (χ4n) is 2.76. The van der Waals surface area contributed by atoms with Crippen LogP contribution in [0.1, 0.15) is 19.8 Å². The summed E-state index contributed by atoms with van der Waals surface area (Å²) in [6.45, 7) is 2.44. The number of benzene rings is 2. The van der Waals surface area contributed by atoms with Crippen molar-refractivity contribution in [3.05, 3.63) is 67.0 Å². The molecule has 0 radical (unpaired) electrons. The maximum Gasteiger partial charge on any atom is 0.129 e. The molecule has 0 aliphatic carbocycles. The van der Waals surface area contributed by atoms with Crippen LogP contribution in [0.15, 0.2) is 67.0 Å². The van der Waals surface area contributed by atoms with Gasteiger partial charge in [0.1, 0.15) is 5.78 Å². The normalized spacial score (nSPS) is 10.7. The molecule has 3 rings (SSSR count). The zero-order valence-corrected chi connectivity index (χ0v) is 13.3. The van der Waals surface area contributed by atoms with Crippen LogP contribution >= 0.6 is 0 Å². The standard InChI is InChI=1S/C20H20N2O/c1-16(23)9-8-14-22-15-21-19(17-10-4-2-5-11-17)20(22)18-12-6-3-7-13-18/h2-7,10-13,15H,8-9,14H2,1H3. The number of nitrogens with zero attached hydrogens (tertiary/aromatic N) is 2. The summed E-state index contributed by atoms with van der Waals surface area (Å²) < 4.78 is 2.15. The van der Waals surface area contributed by atoms with Gasteiger partial charge in [0.25, 0.3) is 0 Å². The lowest BCUT2D eigenvalue weighted by molar-refractivity contribution is -0.117. The number of rotatable bonds is 6. The summed E-state index contributed by atoms with van der Waals surface area (Å²) in [4.78, 5) is 15.8. The first-order chi connectivity index (χ1) is 11.3. The average molecular weight is 304 g/mol. The second-order valence-electron chi connectivity index (χ2n) is 5.67. The van der Waals surface area contributed by atoms with Crippen molar-refractivity contribution in [3.8, 4) is 22.5 Å². The van der Waals surface area contributed by atoms with Gasteiger partial charge in [-0.05, 0) is 13.3 Å². The lowest BCUT2D eigenvalue weighted by Crippen LogP contribution is -2.01. The first-order valence-electron chi connectivity index (χ1n) is 7.91. The average Bonchev–Trinajstić information content (AvgIpc) is 3.00. The topological polar surface area (TPSA) is 34.9 Å². The molecule has 0 fully saturated rings. The minimum Gasteiger partial charge on any atom is -0.330 e. The molecular formula is C20H20N2O. The van der Waals surface area contributed by atoms with Crippen molar-refractivity contribution >= 4 is 5.78 Å². The van der Waals surface area contributed by atoms with Crippen molar-refractivity contribution in [1.82, 2.24) is 9.55 Å². The summed E-state index contributed by atoms with van der Waals surface area (Å²) in [5.41, 5.74) is 4.35. The number of hydrogen-bond donors (Lipinski definition) is 0. The van der Waals surface area contributed by atoms with E-state index in [1.165, 1.54) is 0 Å². The summed E-state index contributed by atoms with van der Waals surface area (Å²) in [6.07, 6.45) is 3.32. The minimum atomic E-state index is 0.231. The van der Waals surface area contributed by atoms with Crippen molar-refractivity contribution < 1.29 is 4.79 Å². The quantitative estimate of drug-likeness (QED) is 0.668. The van der Waals surface area contributed by atoms with E-state index >= 15 is 0 Å². The largest absolute Gasteiger partial charge is 0.330 e. The first kappa shape index (κ1) is 15.2. The molecule has 0 saturated carbocycles. The zero-order chi connectivity index (χ0) is 16.1. The molecule has 0 atom stereocenters. The second kappa shape index (κ2) is 7.05. The van der Waals surface area contributed by atoms with Gasteiger partial charge in [0.05, 0.1) is 17.7 Å². The van der Waals surface area contributed by atoms with E-state index in [9.17, 15) is 4.79 Å². The predicted octanol–water partition coefficient (Wildman–Crippen LogP) is 4.59. The Morgan fingerprint density at radius 2 is 1.57 bits per heavy atom. The van der Waals surface area contributed by atoms with Gasteiger partial charge < -0.3 is 9.36 Å². The molecule has 1 aromatic heterocycles. The van der Waals surface area contributed by atoms with Crippen LogP contribution in [-0.2, 0) is 11.3 Å². The fourth-order valence-corrected chi connectivity index (χ4v) is 2.76. The fraction of sp³-hybridized carbons (Fsp3) is 0.200. The van der Waals surface area contributed by atoms with E-state index in [0.29, 0.717) is 6.42 Å². The van der Waals surface area contributed by atoms with E-state index in [2.05, 4.69) is 33.8 Å². The van der Waals surface area contributed by atoms with E-state index in [4.69, 9.17) is 0 Å². The third-order valence-electron chi connectivity index (χ3n) is 3.86. The molecule has 3 aromatic rings. The second-order valence-corrected chi connectivity index (χ2v) is 5.67. The van der Waals surface area contributed by atoms with Gasteiger partial charge in [0.2, 0.25) is 0 Å². The van der Waals surface area contributed by atoms with E-state index in [1.54, 1.807) is 6.92 Å². The van der Waals surface area contributed by atoms with Crippen LogP contribution in [0, 0.1) is 0 Å². The number of hydrogen-bond acceptors (Lipinski definition) is 2. The molecule has 0 unspecified atom stereocenters. The van der Waals surface area contributed by atoms with Gasteiger partial charge in [-0.2, -0.15) is 0 Å². The van der Waals surface area contributed by atoms with Crippen molar-refractivity contribution in [2.24, 2.45) is 0 Å². The van der Waals surface area contributed by atoms with Crippen molar-refractivity contribution in [2.45, 2.75) is 26.3 Å². The minimum absolute atomic E-state index is 0.231. The highest BCUT2D eigenvalue weighted by atomic mass is 16.1. The monoisotopic (exact) mass is 304 g/mol. The van der Waals surface area contributed by atoms with Crippen LogP contribution in [0.25, 0.3) is 22.5 Å². The summed E-state index contributed by atoms with van der Waals surface area (Å²) in [5, 5.41) is 0. The van der Waals surface area contributed by atoms with E-state index in [0.717, 1.165) is 35.5 Å². The van der Waals surface area contributed by atoms with Crippen molar-refractivity contribution in [3.63, 3.8) is 0 Å². The summed E-state index contributed by atoms with van der Waals surface area (Å²) in [7, 11) is 0. The molecule has 0 saturated heterocycles. The Balaban J connectivity index is 2.00. The van der Waals surface area contributed by atoms with Crippen molar-refractivity contribution in [2.75, 3.05) is 0 Å². The van der Waals surface area contributed by atoms with Crippen LogP contribution in [0.3, 0.4) is 0 Å². The van der Waals surface area contributed by atoms with Crippen LogP contribution < -0.4 is 0 Å². The van der Waals surface area contributed by atoms with Crippen LogP contribution in [0.5, 0.6) is 0 Å². The molecule has 0 aliphatic rings. The van der Waals surface area contributed by atoms with Gasteiger partial charge in [0.15, 0.2) is 0 Å².